The van der Waals surface area contributed by atoms with Crippen molar-refractivity contribution in [1.82, 2.24) is 4.90 Å². The van der Waals surface area contributed by atoms with Gasteiger partial charge in [-0.15, -0.1) is 0 Å². The number of likely N-dealkylation sites (tertiary alicyclic amines) is 1. The normalized spacial score (nSPS) is 16.7. The van der Waals surface area contributed by atoms with E-state index in [-0.39, 0.29) is 11.3 Å². The van der Waals surface area contributed by atoms with Gasteiger partial charge in [0.05, 0.1) is 6.61 Å². The Morgan fingerprint density at radius 2 is 1.74 bits per heavy atom. The third kappa shape index (κ3) is 3.64. The molecule has 0 radical (unpaired) electrons. The second-order valence-corrected chi connectivity index (χ2v) is 8.85. The molecule has 3 aromatic rings. The van der Waals surface area contributed by atoms with Crippen molar-refractivity contribution in [3.05, 3.63) is 83.4 Å². The Hall–Kier alpha value is -3.05. The molecule has 0 aliphatic carbocycles. The van der Waals surface area contributed by atoms with E-state index in [1.807, 2.05) is 35.2 Å². The summed E-state index contributed by atoms with van der Waals surface area (Å²) in [5.41, 5.74) is 12.4. The van der Waals surface area contributed by atoms with Gasteiger partial charge >= 0.3 is 0 Å². The molecule has 1 saturated heterocycles. The van der Waals surface area contributed by atoms with E-state index < -0.39 is 0 Å². The van der Waals surface area contributed by atoms with Crippen molar-refractivity contribution in [1.29, 1.82) is 0 Å². The fourth-order valence-corrected chi connectivity index (χ4v) is 4.93. The van der Waals surface area contributed by atoms with Gasteiger partial charge in [-0.25, -0.2) is 0 Å². The van der Waals surface area contributed by atoms with Crippen LogP contribution in [0.1, 0.15) is 34.3 Å². The first-order valence-corrected chi connectivity index (χ1v) is 11.0. The third-order valence-corrected chi connectivity index (χ3v) is 6.82. The van der Waals surface area contributed by atoms with Gasteiger partial charge < -0.3 is 15.4 Å². The van der Waals surface area contributed by atoms with E-state index in [4.69, 9.17) is 10.5 Å². The summed E-state index contributed by atoms with van der Waals surface area (Å²) in [4.78, 5) is 15.3. The molecular weight excluding hydrogens is 383 g/mol. The van der Waals surface area contributed by atoms with Crippen molar-refractivity contribution in [2.45, 2.75) is 24.8 Å². The maximum Gasteiger partial charge on any atom is 0.253 e. The Kier molecular flexibility index (Phi) is 5.07. The van der Waals surface area contributed by atoms with Gasteiger partial charge in [0.15, 0.2) is 0 Å². The number of amides is 1. The molecule has 0 atom stereocenters. The first kappa shape index (κ1) is 19.9. The molecule has 2 heterocycles. The number of rotatable bonds is 3. The zero-order valence-electron chi connectivity index (χ0n) is 17.9. The van der Waals surface area contributed by atoms with E-state index in [9.17, 15) is 4.79 Å². The number of benzene rings is 3. The Morgan fingerprint density at radius 3 is 2.48 bits per heavy atom. The van der Waals surface area contributed by atoms with Gasteiger partial charge in [-0.2, -0.15) is 0 Å². The van der Waals surface area contributed by atoms with Crippen LogP contribution in [0.25, 0.3) is 11.1 Å². The van der Waals surface area contributed by atoms with Crippen LogP contribution < -0.4 is 15.9 Å². The molecular formula is C26H27BN2O2. The molecule has 0 saturated carbocycles. The number of hydrogen-bond donors (Lipinski definition) is 1. The second kappa shape index (κ2) is 7.90. The van der Waals surface area contributed by atoms with Crippen molar-refractivity contribution < 1.29 is 9.53 Å². The molecule has 2 aliphatic rings. The lowest BCUT2D eigenvalue weighted by atomic mass is 9.74. The predicted octanol–water partition coefficient (Wildman–Crippen LogP) is 2.64. The van der Waals surface area contributed by atoms with Gasteiger partial charge in [0.1, 0.15) is 13.6 Å². The van der Waals surface area contributed by atoms with E-state index in [1.165, 1.54) is 11.0 Å². The molecule has 31 heavy (non-hydrogen) atoms. The topological polar surface area (TPSA) is 55.6 Å². The maximum absolute atomic E-state index is 13.3. The number of carbonyl (C=O) groups excluding carboxylic acids is 1. The zero-order valence-corrected chi connectivity index (χ0v) is 17.9. The average molecular weight is 410 g/mol. The van der Waals surface area contributed by atoms with E-state index in [0.717, 1.165) is 53.9 Å². The highest BCUT2D eigenvalue weighted by molar-refractivity contribution is 6.32. The first-order chi connectivity index (χ1) is 15.1. The second-order valence-electron chi connectivity index (χ2n) is 8.85. The van der Waals surface area contributed by atoms with E-state index in [0.29, 0.717) is 13.2 Å². The Labute approximate surface area is 184 Å². The molecule has 0 unspecified atom stereocenters. The van der Waals surface area contributed by atoms with Crippen LogP contribution in [-0.2, 0) is 12.0 Å². The van der Waals surface area contributed by atoms with Crippen molar-refractivity contribution >= 4 is 19.2 Å². The summed E-state index contributed by atoms with van der Waals surface area (Å²) in [7, 11) is 2.09. The average Bonchev–Trinajstić information content (AvgIpc) is 3.16. The van der Waals surface area contributed by atoms with Crippen LogP contribution in [0.2, 0.25) is 0 Å². The Balaban J connectivity index is 1.33. The van der Waals surface area contributed by atoms with Crippen LogP contribution in [0.15, 0.2) is 66.7 Å². The quantitative estimate of drug-likeness (QED) is 0.676. The molecule has 3 aromatic carbocycles. The molecule has 1 spiro atoms. The summed E-state index contributed by atoms with van der Waals surface area (Å²) in [6, 6.07) is 22.7. The molecule has 5 heteroatoms. The summed E-state index contributed by atoms with van der Waals surface area (Å²) in [5.74, 6) is 1.09. The van der Waals surface area contributed by atoms with E-state index in [2.05, 4.69) is 44.2 Å². The molecule has 0 aromatic heterocycles. The standard InChI is InChI=1S/C26H27BN2O2/c27-22-6-2-4-20(15-22)19-3-1-5-21(14-19)25(30)29-11-9-26(10-12-29)17-31-24-8-7-18(16-28)13-23(24)26/h1-8,13-15H,9-12,16-17,27-28H2. The highest BCUT2D eigenvalue weighted by Gasteiger charge is 2.43. The van der Waals surface area contributed by atoms with Gasteiger partial charge in [0.25, 0.3) is 5.91 Å². The first-order valence-electron chi connectivity index (χ1n) is 11.0. The molecule has 4 nitrogen and oxygen atoms in total. The number of hydrogen-bond acceptors (Lipinski definition) is 3. The SMILES string of the molecule is Bc1cccc(-c2cccc(C(=O)N3CCC4(CC3)COc3ccc(CN)cc34)c2)c1. The van der Waals surface area contributed by atoms with E-state index in [1.54, 1.807) is 0 Å². The largest absolute Gasteiger partial charge is 0.492 e. The number of ether oxygens (including phenoxy) is 1. The summed E-state index contributed by atoms with van der Waals surface area (Å²) in [6.07, 6.45) is 1.83. The van der Waals surface area contributed by atoms with Crippen LogP contribution in [0, 0.1) is 0 Å². The fraction of sp³-hybridized carbons (Fsp3) is 0.269. The lowest BCUT2D eigenvalue weighted by molar-refractivity contribution is 0.0646. The highest BCUT2D eigenvalue weighted by atomic mass is 16.5. The third-order valence-electron chi connectivity index (χ3n) is 6.82. The maximum atomic E-state index is 13.3. The number of carbonyl (C=O) groups is 1. The molecule has 2 N–H and O–H groups in total. The predicted molar refractivity (Wildman–Crippen MR) is 127 cm³/mol. The Bertz CT molecular complexity index is 1140. The van der Waals surface area contributed by atoms with Crippen LogP contribution in [-0.4, -0.2) is 38.3 Å². The molecule has 5 rings (SSSR count). The molecule has 156 valence electrons. The summed E-state index contributed by atoms with van der Waals surface area (Å²) in [5, 5.41) is 0. The summed E-state index contributed by atoms with van der Waals surface area (Å²) >= 11 is 0. The van der Waals surface area contributed by atoms with Crippen LogP contribution >= 0.6 is 0 Å². The summed E-state index contributed by atoms with van der Waals surface area (Å²) in [6.45, 7) is 2.71. The van der Waals surface area contributed by atoms with Crippen LogP contribution in [0.3, 0.4) is 0 Å². The lowest BCUT2D eigenvalue weighted by Gasteiger charge is -2.38. The van der Waals surface area contributed by atoms with Gasteiger partial charge in [0.2, 0.25) is 0 Å². The van der Waals surface area contributed by atoms with Gasteiger partial charge in [0, 0.05) is 36.2 Å². The molecule has 1 fully saturated rings. The summed E-state index contributed by atoms with van der Waals surface area (Å²) < 4.78 is 6.00. The lowest BCUT2D eigenvalue weighted by Crippen LogP contribution is -2.46. The van der Waals surface area contributed by atoms with E-state index >= 15 is 0 Å². The minimum Gasteiger partial charge on any atom is -0.492 e. The van der Waals surface area contributed by atoms with Crippen molar-refractivity contribution in [3.63, 3.8) is 0 Å². The minimum absolute atomic E-state index is 0.000701. The minimum atomic E-state index is 0.000701. The number of fused-ring (bicyclic) bond motifs is 2. The Morgan fingerprint density at radius 1 is 1.00 bits per heavy atom. The zero-order chi connectivity index (χ0) is 21.4. The van der Waals surface area contributed by atoms with Crippen LogP contribution in [0.5, 0.6) is 5.75 Å². The number of piperidine rings is 1. The smallest absolute Gasteiger partial charge is 0.253 e. The van der Waals surface area contributed by atoms with Gasteiger partial charge in [-0.05, 0) is 47.7 Å². The molecule has 2 aliphatic heterocycles. The van der Waals surface area contributed by atoms with Crippen molar-refractivity contribution in [3.8, 4) is 16.9 Å². The van der Waals surface area contributed by atoms with Crippen molar-refractivity contribution in [2.24, 2.45) is 5.73 Å². The molecule has 0 bridgehead atoms. The van der Waals surface area contributed by atoms with Gasteiger partial charge in [-0.3, -0.25) is 4.79 Å². The fourth-order valence-electron chi connectivity index (χ4n) is 4.93. The van der Waals surface area contributed by atoms with Crippen LogP contribution in [0.4, 0.5) is 0 Å². The highest BCUT2D eigenvalue weighted by Crippen LogP contribution is 2.46. The van der Waals surface area contributed by atoms with Gasteiger partial charge in [-0.1, -0.05) is 54.0 Å². The van der Waals surface area contributed by atoms with Crippen molar-refractivity contribution in [2.75, 3.05) is 19.7 Å². The number of nitrogens with two attached hydrogens (primary N) is 1. The molecule has 1 amide bonds. The monoisotopic (exact) mass is 410 g/mol. The number of nitrogens with zero attached hydrogens (tertiary/aromatic N) is 1.